The minimum atomic E-state index is -3.55. The number of H-pyrrole nitrogens is 1. The van der Waals surface area contributed by atoms with Crippen LogP contribution in [0.4, 0.5) is 4.39 Å². The Morgan fingerprint density at radius 3 is 2.87 bits per heavy atom. The van der Waals surface area contributed by atoms with Crippen LogP contribution in [0.5, 0.6) is 0 Å². The highest BCUT2D eigenvalue weighted by molar-refractivity contribution is 7.90. The number of hydrogen-bond donors (Lipinski definition) is 1. The number of sulfone groups is 1. The number of nitrogens with one attached hydrogen (secondary N) is 1. The molecule has 1 aromatic carbocycles. The largest absolute Gasteiger partial charge is 0.297 e. The maximum Gasteiger partial charge on any atom is 0.256 e. The molecule has 0 saturated carbocycles. The quantitative estimate of drug-likeness (QED) is 0.841. The molecule has 0 aliphatic carbocycles. The lowest BCUT2D eigenvalue weighted by molar-refractivity contribution is 0.240. The van der Waals surface area contributed by atoms with Crippen molar-refractivity contribution >= 4 is 9.84 Å². The first-order chi connectivity index (χ1) is 10.8. The number of aromatic nitrogens is 2. The molecule has 0 fully saturated rings. The molecule has 1 aliphatic heterocycles. The van der Waals surface area contributed by atoms with E-state index in [0.717, 1.165) is 11.8 Å². The van der Waals surface area contributed by atoms with Crippen molar-refractivity contribution in [3.8, 4) is 0 Å². The van der Waals surface area contributed by atoms with E-state index in [9.17, 15) is 17.6 Å². The van der Waals surface area contributed by atoms with E-state index in [0.29, 0.717) is 37.3 Å². The van der Waals surface area contributed by atoms with Crippen molar-refractivity contribution in [2.24, 2.45) is 0 Å². The van der Waals surface area contributed by atoms with Crippen LogP contribution in [0.3, 0.4) is 0 Å². The molecule has 1 aliphatic rings. The van der Waals surface area contributed by atoms with Gasteiger partial charge in [-0.15, -0.1) is 0 Å². The van der Waals surface area contributed by atoms with Crippen LogP contribution in [0.1, 0.15) is 16.8 Å². The Labute approximate surface area is 132 Å². The van der Waals surface area contributed by atoms with E-state index in [1.807, 2.05) is 11.0 Å². The van der Waals surface area contributed by atoms with Gasteiger partial charge in [-0.05, 0) is 17.7 Å². The summed E-state index contributed by atoms with van der Waals surface area (Å²) in [4.78, 5) is 20.5. The third-order valence-electron chi connectivity index (χ3n) is 3.77. The molecule has 1 aromatic heterocycles. The fraction of sp³-hybridized carbons (Fsp3) is 0.333. The predicted molar refractivity (Wildman–Crippen MR) is 82.2 cm³/mol. The number of nitrogens with zero attached hydrogens (tertiary/aromatic N) is 2. The zero-order valence-corrected chi connectivity index (χ0v) is 13.4. The van der Waals surface area contributed by atoms with Gasteiger partial charge in [-0.1, -0.05) is 12.1 Å². The summed E-state index contributed by atoms with van der Waals surface area (Å²) < 4.78 is 36.3. The molecule has 0 unspecified atom stereocenters. The molecular formula is C15H16FN3O3S. The highest BCUT2D eigenvalue weighted by Crippen LogP contribution is 2.17. The van der Waals surface area contributed by atoms with E-state index in [1.165, 1.54) is 12.1 Å². The van der Waals surface area contributed by atoms with Gasteiger partial charge >= 0.3 is 0 Å². The molecule has 1 N–H and O–H groups in total. The molecule has 0 spiro atoms. The van der Waals surface area contributed by atoms with Crippen molar-refractivity contribution in [3.05, 3.63) is 57.3 Å². The standard InChI is InChI=1S/C15H16FN3O3S/c1-23(21,22)15-17-13-5-6-19(9-12(13)14(20)18-15)8-10-3-2-4-11(16)7-10/h2-4,7H,5-6,8-9H2,1H3,(H,17,18,20). The van der Waals surface area contributed by atoms with Gasteiger partial charge in [-0.2, -0.15) is 0 Å². The Balaban J connectivity index is 1.85. The Bertz CT molecular complexity index is 908. The fourth-order valence-corrected chi connectivity index (χ4v) is 3.22. The van der Waals surface area contributed by atoms with Gasteiger partial charge in [0.05, 0.1) is 11.3 Å². The van der Waals surface area contributed by atoms with Crippen molar-refractivity contribution in [2.45, 2.75) is 24.7 Å². The van der Waals surface area contributed by atoms with Gasteiger partial charge in [-0.3, -0.25) is 14.7 Å². The third-order valence-corrected chi connectivity index (χ3v) is 4.67. The summed E-state index contributed by atoms with van der Waals surface area (Å²) in [7, 11) is -3.55. The Kier molecular flexibility index (Phi) is 4.03. The highest BCUT2D eigenvalue weighted by Gasteiger charge is 2.23. The molecule has 23 heavy (non-hydrogen) atoms. The molecule has 0 atom stereocenters. The maximum atomic E-state index is 13.2. The lowest BCUT2D eigenvalue weighted by Crippen LogP contribution is -2.36. The van der Waals surface area contributed by atoms with Crippen LogP contribution in [0.15, 0.2) is 34.2 Å². The average Bonchev–Trinajstić information content (AvgIpc) is 2.47. The van der Waals surface area contributed by atoms with E-state index in [-0.39, 0.29) is 11.0 Å². The molecule has 0 radical (unpaired) electrons. The molecule has 2 heterocycles. The number of rotatable bonds is 3. The van der Waals surface area contributed by atoms with Gasteiger partial charge in [0.15, 0.2) is 0 Å². The monoisotopic (exact) mass is 337 g/mol. The zero-order chi connectivity index (χ0) is 16.6. The summed E-state index contributed by atoms with van der Waals surface area (Å²) in [6.07, 6.45) is 1.49. The molecule has 0 bridgehead atoms. The lowest BCUT2D eigenvalue weighted by Gasteiger charge is -2.27. The van der Waals surface area contributed by atoms with Crippen molar-refractivity contribution < 1.29 is 12.8 Å². The summed E-state index contributed by atoms with van der Waals surface area (Å²) in [6.45, 7) is 1.51. The molecule has 3 rings (SSSR count). The van der Waals surface area contributed by atoms with Crippen LogP contribution in [0.25, 0.3) is 0 Å². The molecule has 2 aromatic rings. The van der Waals surface area contributed by atoms with Gasteiger partial charge in [-0.25, -0.2) is 17.8 Å². The van der Waals surface area contributed by atoms with Crippen molar-refractivity contribution in [2.75, 3.05) is 12.8 Å². The second-order valence-electron chi connectivity index (χ2n) is 5.66. The maximum absolute atomic E-state index is 13.2. The minimum Gasteiger partial charge on any atom is -0.297 e. The molecule has 8 heteroatoms. The number of hydrogen-bond acceptors (Lipinski definition) is 5. The first-order valence-electron chi connectivity index (χ1n) is 7.12. The SMILES string of the molecule is CS(=O)(=O)c1nc2c(c(=O)[nH]1)CN(Cc1cccc(F)c1)CC2. The van der Waals surface area contributed by atoms with E-state index in [4.69, 9.17) is 0 Å². The number of fused-ring (bicyclic) bond motifs is 1. The number of aromatic amines is 1. The van der Waals surface area contributed by atoms with Gasteiger partial charge < -0.3 is 0 Å². The normalized spacial score (nSPS) is 15.4. The molecule has 122 valence electrons. The van der Waals surface area contributed by atoms with Gasteiger partial charge in [0.2, 0.25) is 15.0 Å². The Morgan fingerprint density at radius 2 is 2.17 bits per heavy atom. The predicted octanol–water partition coefficient (Wildman–Crippen LogP) is 0.871. The smallest absolute Gasteiger partial charge is 0.256 e. The summed E-state index contributed by atoms with van der Waals surface area (Å²) in [5.74, 6) is -0.294. The third kappa shape index (κ3) is 3.48. The summed E-state index contributed by atoms with van der Waals surface area (Å²) >= 11 is 0. The average molecular weight is 337 g/mol. The van der Waals surface area contributed by atoms with E-state index >= 15 is 0 Å². The first kappa shape index (κ1) is 15.8. The van der Waals surface area contributed by atoms with Crippen LogP contribution < -0.4 is 5.56 Å². The van der Waals surface area contributed by atoms with Crippen molar-refractivity contribution in [3.63, 3.8) is 0 Å². The van der Waals surface area contributed by atoms with Crippen molar-refractivity contribution in [1.82, 2.24) is 14.9 Å². The Hall–Kier alpha value is -2.06. The second kappa shape index (κ2) is 5.86. The van der Waals surface area contributed by atoms with Gasteiger partial charge in [0.25, 0.3) is 5.56 Å². The summed E-state index contributed by atoms with van der Waals surface area (Å²) in [6, 6.07) is 6.32. The first-order valence-corrected chi connectivity index (χ1v) is 9.01. The van der Waals surface area contributed by atoms with Crippen molar-refractivity contribution in [1.29, 1.82) is 0 Å². The zero-order valence-electron chi connectivity index (χ0n) is 12.5. The molecular weight excluding hydrogens is 321 g/mol. The van der Waals surface area contributed by atoms with Crippen LogP contribution in [-0.2, 0) is 29.3 Å². The Morgan fingerprint density at radius 1 is 1.39 bits per heavy atom. The molecule has 0 amide bonds. The van der Waals surface area contributed by atoms with Crippen LogP contribution >= 0.6 is 0 Å². The molecule has 0 saturated heterocycles. The summed E-state index contributed by atoms with van der Waals surface area (Å²) in [5, 5.41) is -0.292. The summed E-state index contributed by atoms with van der Waals surface area (Å²) in [5.41, 5.74) is 1.38. The van der Waals surface area contributed by atoms with Gasteiger partial charge in [0.1, 0.15) is 5.82 Å². The molecule has 6 nitrogen and oxygen atoms in total. The lowest BCUT2D eigenvalue weighted by atomic mass is 10.1. The number of benzene rings is 1. The van der Waals surface area contributed by atoms with Crippen LogP contribution in [-0.4, -0.2) is 36.1 Å². The van der Waals surface area contributed by atoms with Crippen LogP contribution in [0, 0.1) is 5.82 Å². The van der Waals surface area contributed by atoms with Gasteiger partial charge in [0, 0.05) is 32.3 Å². The highest BCUT2D eigenvalue weighted by atomic mass is 32.2. The fourth-order valence-electron chi connectivity index (χ4n) is 2.66. The van der Waals surface area contributed by atoms with Crippen LogP contribution in [0.2, 0.25) is 0 Å². The minimum absolute atomic E-state index is 0.292. The second-order valence-corrected chi connectivity index (χ2v) is 7.59. The topological polar surface area (TPSA) is 83.1 Å². The van der Waals surface area contributed by atoms with E-state index < -0.39 is 15.4 Å². The van der Waals surface area contributed by atoms with E-state index in [2.05, 4.69) is 9.97 Å². The number of halogens is 1. The van der Waals surface area contributed by atoms with E-state index in [1.54, 1.807) is 6.07 Å².